The largest absolute Gasteiger partial charge is 0.339 e. The van der Waals surface area contributed by atoms with Crippen LogP contribution in [-0.2, 0) is 11.3 Å². The van der Waals surface area contributed by atoms with Gasteiger partial charge < -0.3 is 10.6 Å². The molecule has 1 amide bonds. The van der Waals surface area contributed by atoms with E-state index in [-0.39, 0.29) is 5.91 Å². The SMILES string of the molecule is CC(C)C[C@@H](N)C(=O)N(C)Cc1ccccn1. The number of pyridine rings is 1. The Balaban J connectivity index is 2.52. The maximum Gasteiger partial charge on any atom is 0.239 e. The van der Waals surface area contributed by atoms with Gasteiger partial charge in [0.2, 0.25) is 5.91 Å². The molecule has 0 aliphatic rings. The molecule has 1 aromatic rings. The van der Waals surface area contributed by atoms with E-state index in [4.69, 9.17) is 5.73 Å². The van der Waals surface area contributed by atoms with Gasteiger partial charge in [-0.2, -0.15) is 0 Å². The average Bonchev–Trinajstić information content (AvgIpc) is 2.28. The Labute approximate surface area is 103 Å². The Kier molecular flexibility index (Phi) is 5.10. The van der Waals surface area contributed by atoms with E-state index in [2.05, 4.69) is 18.8 Å². The first-order valence-electron chi connectivity index (χ1n) is 5.91. The molecule has 4 nitrogen and oxygen atoms in total. The van der Waals surface area contributed by atoms with Gasteiger partial charge in [-0.25, -0.2) is 0 Å². The van der Waals surface area contributed by atoms with Crippen molar-refractivity contribution in [2.45, 2.75) is 32.9 Å². The number of carbonyl (C=O) groups is 1. The summed E-state index contributed by atoms with van der Waals surface area (Å²) in [4.78, 5) is 17.8. The molecule has 1 atom stereocenters. The Hall–Kier alpha value is -1.42. The van der Waals surface area contributed by atoms with Crippen LogP contribution in [0.1, 0.15) is 26.0 Å². The van der Waals surface area contributed by atoms with E-state index in [1.54, 1.807) is 18.1 Å². The number of likely N-dealkylation sites (N-methyl/N-ethyl adjacent to an activating group) is 1. The normalized spacial score (nSPS) is 12.5. The van der Waals surface area contributed by atoms with Gasteiger partial charge in [0.1, 0.15) is 0 Å². The molecule has 4 heteroatoms. The summed E-state index contributed by atoms with van der Waals surface area (Å²) in [7, 11) is 1.76. The lowest BCUT2D eigenvalue weighted by molar-refractivity contribution is -0.132. The number of nitrogens with zero attached hydrogens (tertiary/aromatic N) is 2. The maximum absolute atomic E-state index is 12.0. The van der Waals surface area contributed by atoms with Crippen molar-refractivity contribution in [3.63, 3.8) is 0 Å². The van der Waals surface area contributed by atoms with Crippen molar-refractivity contribution in [1.82, 2.24) is 9.88 Å². The lowest BCUT2D eigenvalue weighted by Crippen LogP contribution is -2.42. The van der Waals surface area contributed by atoms with Gasteiger partial charge in [0.25, 0.3) is 0 Å². The molecule has 0 radical (unpaired) electrons. The quantitative estimate of drug-likeness (QED) is 0.839. The first-order chi connectivity index (χ1) is 8.00. The van der Waals surface area contributed by atoms with Crippen molar-refractivity contribution in [2.75, 3.05) is 7.05 Å². The van der Waals surface area contributed by atoms with Crippen molar-refractivity contribution in [3.05, 3.63) is 30.1 Å². The molecular formula is C13H21N3O. The fraction of sp³-hybridized carbons (Fsp3) is 0.538. The summed E-state index contributed by atoms with van der Waals surface area (Å²) in [6.07, 6.45) is 2.44. The van der Waals surface area contributed by atoms with E-state index >= 15 is 0 Å². The monoisotopic (exact) mass is 235 g/mol. The highest BCUT2D eigenvalue weighted by Crippen LogP contribution is 2.07. The van der Waals surface area contributed by atoms with Crippen LogP contribution in [0.4, 0.5) is 0 Å². The Morgan fingerprint density at radius 1 is 1.47 bits per heavy atom. The molecule has 0 aliphatic carbocycles. The van der Waals surface area contributed by atoms with Gasteiger partial charge in [0.05, 0.1) is 18.3 Å². The number of rotatable bonds is 5. The van der Waals surface area contributed by atoms with E-state index in [1.807, 2.05) is 18.2 Å². The molecular weight excluding hydrogens is 214 g/mol. The van der Waals surface area contributed by atoms with Gasteiger partial charge >= 0.3 is 0 Å². The topological polar surface area (TPSA) is 59.2 Å². The molecule has 94 valence electrons. The van der Waals surface area contributed by atoms with Gasteiger partial charge in [-0.15, -0.1) is 0 Å². The first-order valence-corrected chi connectivity index (χ1v) is 5.91. The minimum Gasteiger partial charge on any atom is -0.339 e. The van der Waals surface area contributed by atoms with E-state index in [1.165, 1.54) is 0 Å². The molecule has 0 bridgehead atoms. The molecule has 2 N–H and O–H groups in total. The van der Waals surface area contributed by atoms with Crippen molar-refractivity contribution in [1.29, 1.82) is 0 Å². The van der Waals surface area contributed by atoms with Crippen LogP contribution >= 0.6 is 0 Å². The molecule has 1 heterocycles. The van der Waals surface area contributed by atoms with Crippen molar-refractivity contribution in [3.8, 4) is 0 Å². The number of hydrogen-bond donors (Lipinski definition) is 1. The van der Waals surface area contributed by atoms with Crippen LogP contribution in [0.3, 0.4) is 0 Å². The summed E-state index contributed by atoms with van der Waals surface area (Å²) in [5.74, 6) is 0.404. The summed E-state index contributed by atoms with van der Waals surface area (Å²) in [6.45, 7) is 4.63. The molecule has 0 spiro atoms. The second-order valence-electron chi connectivity index (χ2n) is 4.75. The van der Waals surface area contributed by atoms with E-state index in [0.717, 1.165) is 5.69 Å². The third-order valence-corrected chi connectivity index (χ3v) is 2.54. The predicted molar refractivity (Wildman–Crippen MR) is 68.1 cm³/mol. The fourth-order valence-electron chi connectivity index (χ4n) is 1.70. The molecule has 0 aromatic carbocycles. The van der Waals surface area contributed by atoms with Crippen molar-refractivity contribution < 1.29 is 4.79 Å². The summed E-state index contributed by atoms with van der Waals surface area (Å²) in [5, 5.41) is 0. The highest BCUT2D eigenvalue weighted by molar-refractivity contribution is 5.81. The zero-order valence-corrected chi connectivity index (χ0v) is 10.8. The first kappa shape index (κ1) is 13.6. The summed E-state index contributed by atoms with van der Waals surface area (Å²) in [6, 6.07) is 5.26. The number of aromatic nitrogens is 1. The van der Waals surface area contributed by atoms with Gasteiger partial charge in [0, 0.05) is 13.2 Å². The van der Waals surface area contributed by atoms with Crippen molar-refractivity contribution in [2.24, 2.45) is 11.7 Å². The highest BCUT2D eigenvalue weighted by Gasteiger charge is 2.19. The fourth-order valence-corrected chi connectivity index (χ4v) is 1.70. The lowest BCUT2D eigenvalue weighted by Gasteiger charge is -2.22. The molecule has 0 aliphatic heterocycles. The van der Waals surface area contributed by atoms with Gasteiger partial charge in [-0.05, 0) is 24.5 Å². The molecule has 0 unspecified atom stereocenters. The van der Waals surface area contributed by atoms with Crippen LogP contribution in [0.25, 0.3) is 0 Å². The number of nitrogens with two attached hydrogens (primary N) is 1. The second kappa shape index (κ2) is 6.35. The summed E-state index contributed by atoms with van der Waals surface area (Å²) < 4.78 is 0. The zero-order valence-electron chi connectivity index (χ0n) is 10.8. The molecule has 0 fully saturated rings. The summed E-state index contributed by atoms with van der Waals surface area (Å²) in [5.41, 5.74) is 6.74. The zero-order chi connectivity index (χ0) is 12.8. The number of carbonyl (C=O) groups excluding carboxylic acids is 1. The summed E-state index contributed by atoms with van der Waals surface area (Å²) >= 11 is 0. The van der Waals surface area contributed by atoms with Gasteiger partial charge in [0.15, 0.2) is 0 Å². The number of amides is 1. The van der Waals surface area contributed by atoms with Crippen LogP contribution in [0.2, 0.25) is 0 Å². The van der Waals surface area contributed by atoms with Gasteiger partial charge in [-0.3, -0.25) is 9.78 Å². The van der Waals surface area contributed by atoms with E-state index < -0.39 is 6.04 Å². The predicted octanol–water partition coefficient (Wildman–Crippen LogP) is 1.41. The van der Waals surface area contributed by atoms with Crippen molar-refractivity contribution >= 4 is 5.91 Å². The number of hydrogen-bond acceptors (Lipinski definition) is 3. The second-order valence-corrected chi connectivity index (χ2v) is 4.75. The lowest BCUT2D eigenvalue weighted by atomic mass is 10.0. The molecule has 1 aromatic heterocycles. The molecule has 1 rings (SSSR count). The van der Waals surface area contributed by atoms with Crippen LogP contribution in [0.15, 0.2) is 24.4 Å². The molecule has 0 saturated heterocycles. The van der Waals surface area contributed by atoms with Crippen LogP contribution in [0.5, 0.6) is 0 Å². The maximum atomic E-state index is 12.0. The van der Waals surface area contributed by atoms with Crippen LogP contribution < -0.4 is 5.73 Å². The standard InChI is InChI=1S/C13H21N3O/c1-10(2)8-12(14)13(17)16(3)9-11-6-4-5-7-15-11/h4-7,10,12H,8-9,14H2,1-3H3/t12-/m1/s1. The minimum atomic E-state index is -0.413. The Morgan fingerprint density at radius 3 is 2.71 bits per heavy atom. The van der Waals surface area contributed by atoms with Crippen LogP contribution in [-0.4, -0.2) is 28.9 Å². The molecule has 0 saturated carbocycles. The third-order valence-electron chi connectivity index (χ3n) is 2.54. The van der Waals surface area contributed by atoms with E-state index in [9.17, 15) is 4.79 Å². The van der Waals surface area contributed by atoms with Crippen LogP contribution in [0, 0.1) is 5.92 Å². The highest BCUT2D eigenvalue weighted by atomic mass is 16.2. The molecule has 17 heavy (non-hydrogen) atoms. The Bertz CT molecular complexity index is 351. The van der Waals surface area contributed by atoms with E-state index in [0.29, 0.717) is 18.9 Å². The average molecular weight is 235 g/mol. The smallest absolute Gasteiger partial charge is 0.239 e. The minimum absolute atomic E-state index is 0.0237. The third kappa shape index (κ3) is 4.53. The van der Waals surface area contributed by atoms with Gasteiger partial charge in [-0.1, -0.05) is 19.9 Å². The Morgan fingerprint density at radius 2 is 2.18 bits per heavy atom.